The van der Waals surface area contributed by atoms with Gasteiger partial charge in [-0.25, -0.2) is 9.97 Å². The van der Waals surface area contributed by atoms with E-state index in [0.717, 1.165) is 28.1 Å². The standard InChI is InChI=1S/C18H17N3S2/c1-3-14-9-16-17(22-14)20-11-21-18(16)23-15(10-19)8-13-6-4-12(2)5-7-13/h4-7,9,11,15H,3,8H2,1-2H3/t15-/m0/s1. The molecule has 1 atom stereocenters. The Hall–Kier alpha value is -1.90. The highest BCUT2D eigenvalue weighted by Gasteiger charge is 2.15. The van der Waals surface area contributed by atoms with E-state index in [-0.39, 0.29) is 5.25 Å². The molecular formula is C18H17N3S2. The van der Waals surface area contributed by atoms with Crippen LogP contribution in [-0.4, -0.2) is 15.2 Å². The highest BCUT2D eigenvalue weighted by atomic mass is 32.2. The van der Waals surface area contributed by atoms with Gasteiger partial charge in [-0.15, -0.1) is 11.3 Å². The Morgan fingerprint density at radius 2 is 2.04 bits per heavy atom. The van der Waals surface area contributed by atoms with Gasteiger partial charge in [0.25, 0.3) is 0 Å². The van der Waals surface area contributed by atoms with Gasteiger partial charge in [0.15, 0.2) is 0 Å². The van der Waals surface area contributed by atoms with Crippen molar-refractivity contribution >= 4 is 33.3 Å². The number of hydrogen-bond acceptors (Lipinski definition) is 5. The Kier molecular flexibility index (Phi) is 4.94. The maximum Gasteiger partial charge on any atom is 0.128 e. The molecule has 5 heteroatoms. The van der Waals surface area contributed by atoms with Crippen molar-refractivity contribution in [1.82, 2.24) is 9.97 Å². The van der Waals surface area contributed by atoms with Crippen molar-refractivity contribution < 1.29 is 0 Å². The van der Waals surface area contributed by atoms with Crippen molar-refractivity contribution in [3.05, 3.63) is 52.7 Å². The first-order chi connectivity index (χ1) is 11.2. The van der Waals surface area contributed by atoms with Crippen molar-refractivity contribution in [1.29, 1.82) is 5.26 Å². The third-order valence-corrected chi connectivity index (χ3v) is 5.92. The number of fused-ring (bicyclic) bond motifs is 1. The maximum atomic E-state index is 9.52. The minimum atomic E-state index is -0.152. The molecule has 0 bridgehead atoms. The van der Waals surface area contributed by atoms with E-state index in [2.05, 4.69) is 60.2 Å². The highest BCUT2D eigenvalue weighted by molar-refractivity contribution is 8.00. The topological polar surface area (TPSA) is 49.6 Å². The molecule has 1 aromatic carbocycles. The van der Waals surface area contributed by atoms with Gasteiger partial charge in [0.2, 0.25) is 0 Å². The Morgan fingerprint density at radius 3 is 2.74 bits per heavy atom. The van der Waals surface area contributed by atoms with Gasteiger partial charge in [-0.3, -0.25) is 0 Å². The van der Waals surface area contributed by atoms with Gasteiger partial charge in [0.1, 0.15) is 21.4 Å². The molecule has 116 valence electrons. The second kappa shape index (κ2) is 7.12. The average molecular weight is 339 g/mol. The lowest BCUT2D eigenvalue weighted by molar-refractivity contribution is 1.01. The number of thiophene rings is 1. The Balaban J connectivity index is 1.83. The summed E-state index contributed by atoms with van der Waals surface area (Å²) in [6.07, 6.45) is 3.31. The van der Waals surface area contributed by atoms with Crippen LogP contribution in [0.4, 0.5) is 0 Å². The van der Waals surface area contributed by atoms with Crippen LogP contribution in [0.25, 0.3) is 10.2 Å². The van der Waals surface area contributed by atoms with Crippen LogP contribution in [0.3, 0.4) is 0 Å². The Morgan fingerprint density at radius 1 is 1.26 bits per heavy atom. The fraction of sp³-hybridized carbons (Fsp3) is 0.278. The number of nitriles is 1. The molecule has 0 amide bonds. The summed E-state index contributed by atoms with van der Waals surface area (Å²) in [4.78, 5) is 11.1. The molecular weight excluding hydrogens is 322 g/mol. The maximum absolute atomic E-state index is 9.52. The van der Waals surface area contributed by atoms with Gasteiger partial charge in [-0.05, 0) is 31.4 Å². The Labute approximate surface area is 144 Å². The molecule has 0 saturated carbocycles. The van der Waals surface area contributed by atoms with Gasteiger partial charge >= 0.3 is 0 Å². The zero-order valence-corrected chi connectivity index (χ0v) is 14.7. The van der Waals surface area contributed by atoms with Gasteiger partial charge < -0.3 is 0 Å². The molecule has 0 spiro atoms. The molecule has 3 rings (SSSR count). The summed E-state index contributed by atoms with van der Waals surface area (Å²) in [5, 5.41) is 11.3. The molecule has 2 heterocycles. The van der Waals surface area contributed by atoms with Crippen LogP contribution in [0.15, 0.2) is 41.7 Å². The van der Waals surface area contributed by atoms with E-state index in [9.17, 15) is 5.26 Å². The van der Waals surface area contributed by atoms with Crippen LogP contribution >= 0.6 is 23.1 Å². The predicted octanol–water partition coefficient (Wildman–Crippen LogP) is 4.79. The van der Waals surface area contributed by atoms with Crippen LogP contribution in [0.1, 0.15) is 22.9 Å². The number of rotatable bonds is 5. The van der Waals surface area contributed by atoms with E-state index in [1.165, 1.54) is 27.8 Å². The molecule has 3 aromatic rings. The number of aromatic nitrogens is 2. The first kappa shape index (κ1) is 16.0. The molecule has 0 aliphatic rings. The second-order valence-electron chi connectivity index (χ2n) is 5.39. The molecule has 0 unspecified atom stereocenters. The number of hydrogen-bond donors (Lipinski definition) is 0. The van der Waals surface area contributed by atoms with E-state index >= 15 is 0 Å². The van der Waals surface area contributed by atoms with E-state index in [0.29, 0.717) is 0 Å². The van der Waals surface area contributed by atoms with Crippen LogP contribution in [0.2, 0.25) is 0 Å². The van der Waals surface area contributed by atoms with Crippen LogP contribution in [0.5, 0.6) is 0 Å². The monoisotopic (exact) mass is 339 g/mol. The van der Waals surface area contributed by atoms with Gasteiger partial charge in [0, 0.05) is 10.3 Å². The summed E-state index contributed by atoms with van der Waals surface area (Å²) >= 11 is 3.24. The summed E-state index contributed by atoms with van der Waals surface area (Å²) in [7, 11) is 0. The largest absolute Gasteiger partial charge is 0.229 e. The molecule has 0 aliphatic carbocycles. The zero-order valence-electron chi connectivity index (χ0n) is 13.1. The number of thioether (sulfide) groups is 1. The summed E-state index contributed by atoms with van der Waals surface area (Å²) in [5.41, 5.74) is 2.41. The summed E-state index contributed by atoms with van der Waals surface area (Å²) in [6.45, 7) is 4.21. The van der Waals surface area contributed by atoms with Gasteiger partial charge in [-0.1, -0.05) is 48.5 Å². The molecule has 0 aliphatic heterocycles. The smallest absolute Gasteiger partial charge is 0.128 e. The van der Waals surface area contributed by atoms with Gasteiger partial charge in [-0.2, -0.15) is 5.26 Å². The van der Waals surface area contributed by atoms with E-state index < -0.39 is 0 Å². The minimum absolute atomic E-state index is 0.152. The Bertz CT molecular complexity index is 847. The normalized spacial score (nSPS) is 12.2. The van der Waals surface area contributed by atoms with E-state index in [1.807, 2.05) is 0 Å². The lowest BCUT2D eigenvalue weighted by Gasteiger charge is -2.09. The summed E-state index contributed by atoms with van der Waals surface area (Å²) < 4.78 is 0. The first-order valence-corrected chi connectivity index (χ1v) is 9.24. The molecule has 3 nitrogen and oxygen atoms in total. The van der Waals surface area contributed by atoms with Crippen molar-refractivity contribution in [2.45, 2.75) is 37.0 Å². The van der Waals surface area contributed by atoms with Crippen LogP contribution in [0, 0.1) is 18.3 Å². The second-order valence-corrected chi connectivity index (χ2v) is 7.70. The first-order valence-electron chi connectivity index (χ1n) is 7.55. The van der Waals surface area contributed by atoms with Crippen molar-refractivity contribution in [3.63, 3.8) is 0 Å². The van der Waals surface area contributed by atoms with Crippen molar-refractivity contribution in [2.75, 3.05) is 0 Å². The lowest BCUT2D eigenvalue weighted by Crippen LogP contribution is -2.04. The quantitative estimate of drug-likeness (QED) is 0.495. The molecule has 0 radical (unpaired) electrons. The predicted molar refractivity (Wildman–Crippen MR) is 96.9 cm³/mol. The minimum Gasteiger partial charge on any atom is -0.229 e. The SMILES string of the molecule is CCc1cc2c(S[C@H](C#N)Cc3ccc(C)cc3)ncnc2s1. The molecule has 23 heavy (non-hydrogen) atoms. The molecule has 0 fully saturated rings. The fourth-order valence-electron chi connectivity index (χ4n) is 2.34. The number of benzene rings is 1. The van der Waals surface area contributed by atoms with Crippen LogP contribution in [-0.2, 0) is 12.8 Å². The zero-order chi connectivity index (χ0) is 16.2. The lowest BCUT2D eigenvalue weighted by atomic mass is 10.1. The van der Waals surface area contributed by atoms with Crippen LogP contribution < -0.4 is 0 Å². The number of aryl methyl sites for hydroxylation is 2. The molecule has 0 N–H and O–H groups in total. The summed E-state index contributed by atoms with van der Waals surface area (Å²) in [5.74, 6) is 0. The van der Waals surface area contributed by atoms with E-state index in [4.69, 9.17) is 0 Å². The molecule has 2 aromatic heterocycles. The average Bonchev–Trinajstić information content (AvgIpc) is 3.00. The third kappa shape index (κ3) is 3.72. The fourth-order valence-corrected chi connectivity index (χ4v) is 4.33. The summed E-state index contributed by atoms with van der Waals surface area (Å²) in [6, 6.07) is 12.9. The molecule has 0 saturated heterocycles. The van der Waals surface area contributed by atoms with E-state index in [1.54, 1.807) is 17.7 Å². The van der Waals surface area contributed by atoms with Crippen molar-refractivity contribution in [3.8, 4) is 6.07 Å². The van der Waals surface area contributed by atoms with Gasteiger partial charge in [0.05, 0.1) is 6.07 Å². The third-order valence-electron chi connectivity index (χ3n) is 3.63. The number of nitrogens with zero attached hydrogens (tertiary/aromatic N) is 3. The van der Waals surface area contributed by atoms with Crippen molar-refractivity contribution in [2.24, 2.45) is 0 Å². The highest BCUT2D eigenvalue weighted by Crippen LogP contribution is 2.33.